The lowest BCUT2D eigenvalue weighted by Gasteiger charge is -2.37. The average Bonchev–Trinajstić information content (AvgIpc) is 2.30. The van der Waals surface area contributed by atoms with Gasteiger partial charge in [0, 0.05) is 6.61 Å². The largest absolute Gasteiger partial charge is 0.481 e. The summed E-state index contributed by atoms with van der Waals surface area (Å²) < 4.78 is 5.27. The maximum Gasteiger partial charge on any atom is 0.309 e. The van der Waals surface area contributed by atoms with Gasteiger partial charge in [-0.15, -0.1) is 0 Å². The van der Waals surface area contributed by atoms with Crippen molar-refractivity contribution in [2.24, 2.45) is 17.8 Å². The van der Waals surface area contributed by atoms with Crippen molar-refractivity contribution in [3.63, 3.8) is 0 Å². The molecule has 2 fully saturated rings. The molecule has 2 heterocycles. The highest BCUT2D eigenvalue weighted by Gasteiger charge is 2.36. The minimum atomic E-state index is -0.682. The van der Waals surface area contributed by atoms with Crippen LogP contribution in [0.15, 0.2) is 0 Å². The Bertz CT molecular complexity index is 226. The Morgan fingerprint density at radius 1 is 1.27 bits per heavy atom. The smallest absolute Gasteiger partial charge is 0.309 e. The summed E-state index contributed by atoms with van der Waals surface area (Å²) in [6, 6.07) is 0. The molecule has 0 saturated carbocycles. The molecule has 4 nitrogen and oxygen atoms in total. The highest BCUT2D eigenvalue weighted by molar-refractivity contribution is 5.70. The molecule has 0 amide bonds. The van der Waals surface area contributed by atoms with Crippen LogP contribution in [-0.2, 0) is 9.53 Å². The number of ether oxygens (including phenoxy) is 1. The van der Waals surface area contributed by atoms with Crippen molar-refractivity contribution in [3.8, 4) is 0 Å². The molecular weight excluding hydrogens is 194 g/mol. The molecule has 4 heteroatoms. The number of carboxylic acids is 1. The molecule has 15 heavy (non-hydrogen) atoms. The van der Waals surface area contributed by atoms with Crippen LogP contribution >= 0.6 is 0 Å². The first-order valence-corrected chi connectivity index (χ1v) is 5.80. The Balaban J connectivity index is 1.99. The molecule has 2 aliphatic rings. The van der Waals surface area contributed by atoms with Gasteiger partial charge in [0.2, 0.25) is 0 Å². The second-order valence-corrected chi connectivity index (χ2v) is 4.56. The number of carboxylic acid groups (broad SMARTS) is 1. The van der Waals surface area contributed by atoms with Crippen LogP contribution in [0, 0.1) is 17.8 Å². The van der Waals surface area contributed by atoms with Gasteiger partial charge in [-0.1, -0.05) is 0 Å². The van der Waals surface area contributed by atoms with Gasteiger partial charge in [-0.05, 0) is 44.2 Å². The lowest BCUT2D eigenvalue weighted by Crippen LogP contribution is -2.41. The van der Waals surface area contributed by atoms with Gasteiger partial charge in [0.15, 0.2) is 0 Å². The van der Waals surface area contributed by atoms with E-state index in [1.807, 2.05) is 0 Å². The Morgan fingerprint density at radius 2 is 2.00 bits per heavy atom. The minimum Gasteiger partial charge on any atom is -0.481 e. The van der Waals surface area contributed by atoms with E-state index >= 15 is 0 Å². The van der Waals surface area contributed by atoms with Crippen molar-refractivity contribution >= 4 is 5.97 Å². The standard InChI is InChI=1S/C11H19NO3/c13-11(14)10-7-15-6-3-9(10)8-1-4-12-5-2-8/h8-10,12H,1-7H2,(H,13,14)/t9-,10-/m1/s1. The van der Waals surface area contributed by atoms with Crippen LogP contribution in [-0.4, -0.2) is 37.4 Å². The highest BCUT2D eigenvalue weighted by atomic mass is 16.5. The lowest BCUT2D eigenvalue weighted by molar-refractivity contribution is -0.151. The van der Waals surface area contributed by atoms with E-state index in [1.54, 1.807) is 0 Å². The summed E-state index contributed by atoms with van der Waals surface area (Å²) in [5.74, 6) is -0.0466. The Hall–Kier alpha value is -0.610. The number of hydrogen-bond acceptors (Lipinski definition) is 3. The van der Waals surface area contributed by atoms with Crippen molar-refractivity contribution < 1.29 is 14.6 Å². The van der Waals surface area contributed by atoms with E-state index in [0.717, 1.165) is 39.0 Å². The third-order valence-electron chi connectivity index (χ3n) is 3.72. The molecule has 2 aliphatic heterocycles. The second kappa shape index (κ2) is 4.94. The predicted molar refractivity (Wildman–Crippen MR) is 55.6 cm³/mol. The number of piperidine rings is 1. The quantitative estimate of drug-likeness (QED) is 0.709. The number of nitrogens with one attached hydrogen (secondary N) is 1. The molecule has 2 rings (SSSR count). The van der Waals surface area contributed by atoms with Crippen LogP contribution in [0.3, 0.4) is 0 Å². The second-order valence-electron chi connectivity index (χ2n) is 4.56. The van der Waals surface area contributed by atoms with Crippen LogP contribution in [0.2, 0.25) is 0 Å². The van der Waals surface area contributed by atoms with E-state index in [0.29, 0.717) is 18.4 Å². The molecule has 86 valence electrons. The maximum atomic E-state index is 11.1. The summed E-state index contributed by atoms with van der Waals surface area (Å²) in [5, 5.41) is 12.5. The van der Waals surface area contributed by atoms with Crippen molar-refractivity contribution in [2.45, 2.75) is 19.3 Å². The van der Waals surface area contributed by atoms with Crippen molar-refractivity contribution in [3.05, 3.63) is 0 Å². The summed E-state index contributed by atoms with van der Waals surface area (Å²) in [5.41, 5.74) is 0. The van der Waals surface area contributed by atoms with E-state index < -0.39 is 5.97 Å². The predicted octanol–water partition coefficient (Wildman–Crippen LogP) is 0.723. The monoisotopic (exact) mass is 213 g/mol. The molecular formula is C11H19NO3. The molecule has 0 bridgehead atoms. The third-order valence-corrected chi connectivity index (χ3v) is 3.72. The van der Waals surface area contributed by atoms with Gasteiger partial charge < -0.3 is 15.2 Å². The maximum absolute atomic E-state index is 11.1. The van der Waals surface area contributed by atoms with Gasteiger partial charge in [-0.25, -0.2) is 0 Å². The summed E-state index contributed by atoms with van der Waals surface area (Å²) in [6.45, 7) is 3.21. The molecule has 2 atom stereocenters. The van der Waals surface area contributed by atoms with Crippen LogP contribution in [0.25, 0.3) is 0 Å². The molecule has 0 aromatic heterocycles. The van der Waals surface area contributed by atoms with Crippen LogP contribution in [0.5, 0.6) is 0 Å². The van der Waals surface area contributed by atoms with Crippen LogP contribution in [0.4, 0.5) is 0 Å². The summed E-state index contributed by atoms with van der Waals surface area (Å²) >= 11 is 0. The van der Waals surface area contributed by atoms with E-state index in [-0.39, 0.29) is 5.92 Å². The van der Waals surface area contributed by atoms with Gasteiger partial charge in [-0.2, -0.15) is 0 Å². The third kappa shape index (κ3) is 2.49. The molecule has 0 spiro atoms. The van der Waals surface area contributed by atoms with Gasteiger partial charge in [0.25, 0.3) is 0 Å². The lowest BCUT2D eigenvalue weighted by atomic mass is 9.74. The van der Waals surface area contributed by atoms with Gasteiger partial charge in [0.1, 0.15) is 0 Å². The molecule has 0 aliphatic carbocycles. The van der Waals surface area contributed by atoms with E-state index in [2.05, 4.69) is 5.32 Å². The zero-order valence-electron chi connectivity index (χ0n) is 8.95. The molecule has 2 N–H and O–H groups in total. The van der Waals surface area contributed by atoms with E-state index in [9.17, 15) is 4.79 Å². The Kier molecular flexibility index (Phi) is 3.59. The first-order valence-electron chi connectivity index (χ1n) is 5.80. The first-order chi connectivity index (χ1) is 7.29. The SMILES string of the molecule is O=C(O)[C@@H]1COCC[C@@H]1C1CCNCC1. The van der Waals surface area contributed by atoms with Crippen molar-refractivity contribution in [2.75, 3.05) is 26.3 Å². The zero-order valence-corrected chi connectivity index (χ0v) is 8.95. The minimum absolute atomic E-state index is 0.276. The molecule has 0 aromatic rings. The van der Waals surface area contributed by atoms with E-state index in [4.69, 9.17) is 9.84 Å². The summed E-state index contributed by atoms with van der Waals surface area (Å²) in [4.78, 5) is 11.1. The normalized spacial score (nSPS) is 33.9. The van der Waals surface area contributed by atoms with Gasteiger partial charge >= 0.3 is 5.97 Å². The molecule has 0 unspecified atom stereocenters. The summed E-state index contributed by atoms with van der Waals surface area (Å²) in [6.07, 6.45) is 3.16. The summed E-state index contributed by atoms with van der Waals surface area (Å²) in [7, 11) is 0. The fourth-order valence-corrected chi connectivity index (χ4v) is 2.85. The Labute approximate surface area is 90.0 Å². The van der Waals surface area contributed by atoms with E-state index in [1.165, 1.54) is 0 Å². The molecule has 0 aromatic carbocycles. The van der Waals surface area contributed by atoms with Gasteiger partial charge in [-0.3, -0.25) is 4.79 Å². The highest BCUT2D eigenvalue weighted by Crippen LogP contribution is 2.34. The zero-order chi connectivity index (χ0) is 10.7. The molecule has 2 saturated heterocycles. The number of rotatable bonds is 2. The Morgan fingerprint density at radius 3 is 2.67 bits per heavy atom. The fourth-order valence-electron chi connectivity index (χ4n) is 2.85. The number of hydrogen-bond donors (Lipinski definition) is 2. The van der Waals surface area contributed by atoms with Crippen molar-refractivity contribution in [1.29, 1.82) is 0 Å². The number of carbonyl (C=O) groups is 1. The van der Waals surface area contributed by atoms with Gasteiger partial charge in [0.05, 0.1) is 12.5 Å². The average molecular weight is 213 g/mol. The first kappa shape index (κ1) is 10.9. The number of aliphatic carboxylic acids is 1. The fraction of sp³-hybridized carbons (Fsp3) is 0.909. The molecule has 0 radical (unpaired) electrons. The van der Waals surface area contributed by atoms with Crippen molar-refractivity contribution in [1.82, 2.24) is 5.32 Å². The van der Waals surface area contributed by atoms with Crippen LogP contribution < -0.4 is 5.32 Å². The topological polar surface area (TPSA) is 58.6 Å². The van der Waals surface area contributed by atoms with Crippen LogP contribution in [0.1, 0.15) is 19.3 Å².